The first kappa shape index (κ1) is 16.4. The highest BCUT2D eigenvalue weighted by Crippen LogP contribution is 2.24. The van der Waals surface area contributed by atoms with E-state index in [0.29, 0.717) is 5.82 Å². The number of anilines is 1. The van der Waals surface area contributed by atoms with E-state index in [0.717, 1.165) is 35.6 Å². The van der Waals surface area contributed by atoms with E-state index in [-0.39, 0.29) is 12.0 Å². The van der Waals surface area contributed by atoms with Crippen LogP contribution in [0.15, 0.2) is 24.5 Å². The topological polar surface area (TPSA) is 70.9 Å². The minimum Gasteiger partial charge on any atom is -0.396 e. The molecule has 0 spiro atoms. The van der Waals surface area contributed by atoms with Gasteiger partial charge in [-0.3, -0.25) is 4.98 Å². The van der Waals surface area contributed by atoms with Crippen LogP contribution in [0.2, 0.25) is 0 Å². The van der Waals surface area contributed by atoms with Crippen molar-refractivity contribution in [2.75, 3.05) is 18.5 Å². The summed E-state index contributed by atoms with van der Waals surface area (Å²) in [6, 6.07) is 3.81. The normalized spacial score (nSPS) is 11.5. The Morgan fingerprint density at radius 1 is 1.14 bits per heavy atom. The maximum Gasteiger partial charge on any atom is 0.161 e. The molecule has 0 aliphatic heterocycles. The first-order valence-corrected chi connectivity index (χ1v) is 7.53. The van der Waals surface area contributed by atoms with Gasteiger partial charge < -0.3 is 10.4 Å². The van der Waals surface area contributed by atoms with Gasteiger partial charge in [-0.2, -0.15) is 0 Å². The van der Waals surface area contributed by atoms with Crippen molar-refractivity contribution in [3.05, 3.63) is 35.8 Å². The number of nitrogens with zero attached hydrogens (tertiary/aromatic N) is 3. The Balaban J connectivity index is 2.26. The molecule has 0 aliphatic carbocycles. The van der Waals surface area contributed by atoms with E-state index in [1.54, 1.807) is 12.4 Å². The average molecular weight is 300 g/mol. The van der Waals surface area contributed by atoms with Gasteiger partial charge in [0.2, 0.25) is 0 Å². The Bertz CT molecular complexity index is 626. The fraction of sp³-hybridized carbons (Fsp3) is 0.471. The third kappa shape index (κ3) is 4.01. The molecule has 0 aromatic carbocycles. The molecule has 2 aromatic heterocycles. The van der Waals surface area contributed by atoms with Crippen LogP contribution in [-0.4, -0.2) is 33.2 Å². The lowest BCUT2D eigenvalue weighted by atomic mass is 9.90. The molecule has 2 rings (SSSR count). The Kier molecular flexibility index (Phi) is 5.08. The monoisotopic (exact) mass is 300 g/mol. The van der Waals surface area contributed by atoms with E-state index >= 15 is 0 Å². The SMILES string of the molecule is Cc1nc(-c2ccncc2)nc(NCC(C)(C)CCO)c1C. The van der Waals surface area contributed by atoms with Gasteiger partial charge in [-0.25, -0.2) is 9.97 Å². The van der Waals surface area contributed by atoms with Gasteiger partial charge in [0.1, 0.15) is 5.82 Å². The van der Waals surface area contributed by atoms with Crippen LogP contribution in [0.3, 0.4) is 0 Å². The van der Waals surface area contributed by atoms with Crippen LogP contribution in [0.5, 0.6) is 0 Å². The molecule has 5 nitrogen and oxygen atoms in total. The van der Waals surface area contributed by atoms with Gasteiger partial charge in [-0.05, 0) is 37.8 Å². The third-order valence-corrected chi connectivity index (χ3v) is 3.85. The second-order valence-electron chi connectivity index (χ2n) is 6.33. The Hall–Kier alpha value is -2.01. The molecule has 2 aromatic rings. The van der Waals surface area contributed by atoms with Crippen LogP contribution < -0.4 is 5.32 Å². The molecule has 0 amide bonds. The van der Waals surface area contributed by atoms with Crippen molar-refractivity contribution in [1.29, 1.82) is 0 Å². The lowest BCUT2D eigenvalue weighted by Gasteiger charge is -2.25. The minimum absolute atomic E-state index is 0.0108. The number of aryl methyl sites for hydroxylation is 1. The lowest BCUT2D eigenvalue weighted by molar-refractivity contribution is 0.220. The zero-order valence-corrected chi connectivity index (χ0v) is 13.7. The molecule has 22 heavy (non-hydrogen) atoms. The van der Waals surface area contributed by atoms with Crippen LogP contribution in [0.1, 0.15) is 31.5 Å². The number of pyridine rings is 1. The highest BCUT2D eigenvalue weighted by atomic mass is 16.3. The molecule has 0 unspecified atom stereocenters. The Morgan fingerprint density at radius 2 is 1.82 bits per heavy atom. The van der Waals surface area contributed by atoms with E-state index in [2.05, 4.69) is 34.1 Å². The Morgan fingerprint density at radius 3 is 2.45 bits per heavy atom. The van der Waals surface area contributed by atoms with Crippen molar-refractivity contribution in [1.82, 2.24) is 15.0 Å². The largest absolute Gasteiger partial charge is 0.396 e. The van der Waals surface area contributed by atoms with Gasteiger partial charge in [0, 0.05) is 42.4 Å². The molecular formula is C17H24N4O. The molecule has 0 saturated heterocycles. The molecule has 2 N–H and O–H groups in total. The van der Waals surface area contributed by atoms with Crippen molar-refractivity contribution in [2.45, 2.75) is 34.1 Å². The molecule has 0 atom stereocenters. The van der Waals surface area contributed by atoms with Crippen LogP contribution >= 0.6 is 0 Å². The maximum absolute atomic E-state index is 9.13. The number of aromatic nitrogens is 3. The highest BCUT2D eigenvalue weighted by Gasteiger charge is 2.18. The summed E-state index contributed by atoms with van der Waals surface area (Å²) in [5, 5.41) is 12.5. The van der Waals surface area contributed by atoms with Crippen LogP contribution in [-0.2, 0) is 0 Å². The first-order chi connectivity index (χ1) is 10.4. The van der Waals surface area contributed by atoms with Gasteiger partial charge in [0.15, 0.2) is 5.82 Å². The highest BCUT2D eigenvalue weighted by molar-refractivity contribution is 5.59. The van der Waals surface area contributed by atoms with Crippen molar-refractivity contribution in [3.8, 4) is 11.4 Å². The van der Waals surface area contributed by atoms with E-state index in [9.17, 15) is 0 Å². The second kappa shape index (κ2) is 6.83. The average Bonchev–Trinajstić information content (AvgIpc) is 2.49. The number of hydrogen-bond donors (Lipinski definition) is 2. The molecule has 0 fully saturated rings. The second-order valence-corrected chi connectivity index (χ2v) is 6.33. The standard InChI is InChI=1S/C17H24N4O/c1-12-13(2)20-16(14-5-8-18-9-6-14)21-15(12)19-11-17(3,4)7-10-22/h5-6,8-9,22H,7,10-11H2,1-4H3,(H,19,20,21). The summed E-state index contributed by atoms with van der Waals surface area (Å²) in [7, 11) is 0. The molecule has 0 bridgehead atoms. The van der Waals surface area contributed by atoms with Crippen LogP contribution in [0, 0.1) is 19.3 Å². The summed E-state index contributed by atoms with van der Waals surface area (Å²) >= 11 is 0. The maximum atomic E-state index is 9.13. The van der Waals surface area contributed by atoms with Crippen molar-refractivity contribution >= 4 is 5.82 Å². The summed E-state index contributed by atoms with van der Waals surface area (Å²) < 4.78 is 0. The summed E-state index contributed by atoms with van der Waals surface area (Å²) in [4.78, 5) is 13.2. The summed E-state index contributed by atoms with van der Waals surface area (Å²) in [6.07, 6.45) is 4.23. The van der Waals surface area contributed by atoms with E-state index in [1.165, 1.54) is 0 Å². The fourth-order valence-corrected chi connectivity index (χ4v) is 2.15. The molecule has 0 radical (unpaired) electrons. The fourth-order valence-electron chi connectivity index (χ4n) is 2.15. The quantitative estimate of drug-likeness (QED) is 0.858. The van der Waals surface area contributed by atoms with Gasteiger partial charge in [-0.15, -0.1) is 0 Å². The first-order valence-electron chi connectivity index (χ1n) is 7.53. The van der Waals surface area contributed by atoms with Gasteiger partial charge in [0.25, 0.3) is 0 Å². The van der Waals surface area contributed by atoms with E-state index in [4.69, 9.17) is 5.11 Å². The molecular weight excluding hydrogens is 276 g/mol. The number of nitrogens with one attached hydrogen (secondary N) is 1. The lowest BCUT2D eigenvalue weighted by Crippen LogP contribution is -2.25. The third-order valence-electron chi connectivity index (χ3n) is 3.85. The molecule has 0 saturated carbocycles. The van der Waals surface area contributed by atoms with E-state index in [1.807, 2.05) is 26.0 Å². The minimum atomic E-state index is 0.0108. The van der Waals surface area contributed by atoms with Gasteiger partial charge in [-0.1, -0.05) is 13.8 Å². The van der Waals surface area contributed by atoms with Crippen molar-refractivity contribution < 1.29 is 5.11 Å². The Labute approximate surface area is 131 Å². The molecule has 118 valence electrons. The van der Waals surface area contributed by atoms with Crippen molar-refractivity contribution in [2.24, 2.45) is 5.41 Å². The summed E-state index contributed by atoms with van der Waals surface area (Å²) in [5.41, 5.74) is 2.98. The number of rotatable bonds is 6. The number of aliphatic hydroxyl groups excluding tert-OH is 1. The van der Waals surface area contributed by atoms with E-state index < -0.39 is 0 Å². The summed E-state index contributed by atoms with van der Waals surface area (Å²) in [5.74, 6) is 1.55. The number of aliphatic hydroxyl groups is 1. The predicted molar refractivity (Wildman–Crippen MR) is 88.7 cm³/mol. The predicted octanol–water partition coefficient (Wildman–Crippen LogP) is 2.98. The summed E-state index contributed by atoms with van der Waals surface area (Å²) in [6.45, 7) is 9.21. The molecule has 5 heteroatoms. The van der Waals surface area contributed by atoms with Gasteiger partial charge in [0.05, 0.1) is 0 Å². The zero-order valence-electron chi connectivity index (χ0n) is 13.7. The zero-order chi connectivity index (χ0) is 16.2. The van der Waals surface area contributed by atoms with Crippen molar-refractivity contribution in [3.63, 3.8) is 0 Å². The number of hydrogen-bond acceptors (Lipinski definition) is 5. The molecule has 0 aliphatic rings. The van der Waals surface area contributed by atoms with Crippen LogP contribution in [0.25, 0.3) is 11.4 Å². The van der Waals surface area contributed by atoms with Gasteiger partial charge >= 0.3 is 0 Å². The smallest absolute Gasteiger partial charge is 0.161 e. The van der Waals surface area contributed by atoms with Crippen LogP contribution in [0.4, 0.5) is 5.82 Å². The molecule has 2 heterocycles.